The first-order valence-electron chi connectivity index (χ1n) is 7.02. The van der Waals surface area contributed by atoms with Crippen LogP contribution in [-0.4, -0.2) is 18.0 Å². The molecule has 1 unspecified atom stereocenters. The second-order valence-corrected chi connectivity index (χ2v) is 6.24. The van der Waals surface area contributed by atoms with Gasteiger partial charge in [-0.25, -0.2) is 4.39 Å². The highest BCUT2D eigenvalue weighted by Crippen LogP contribution is 2.23. The highest BCUT2D eigenvalue weighted by atomic mass is 19.1. The van der Waals surface area contributed by atoms with Crippen LogP contribution in [0.1, 0.15) is 46.1 Å². The number of halogens is 1. The summed E-state index contributed by atoms with van der Waals surface area (Å²) in [6, 6.07) is 6.46. The first-order valence-corrected chi connectivity index (χ1v) is 7.02. The van der Waals surface area contributed by atoms with Crippen molar-refractivity contribution in [3.05, 3.63) is 35.6 Å². The molecule has 0 aromatic heterocycles. The Hall–Kier alpha value is -1.42. The molecule has 0 bridgehead atoms. The van der Waals surface area contributed by atoms with Gasteiger partial charge in [0.25, 0.3) is 0 Å². The monoisotopic (exact) mass is 280 g/mol. The lowest BCUT2D eigenvalue weighted by molar-refractivity contribution is -0.126. The van der Waals surface area contributed by atoms with Crippen molar-refractivity contribution in [2.24, 2.45) is 5.73 Å². The van der Waals surface area contributed by atoms with Crippen LogP contribution in [0, 0.1) is 5.82 Å². The first-order chi connectivity index (χ1) is 9.19. The summed E-state index contributed by atoms with van der Waals surface area (Å²) < 4.78 is 13.3. The zero-order chi connectivity index (χ0) is 15.4. The summed E-state index contributed by atoms with van der Waals surface area (Å²) >= 11 is 0. The molecule has 0 saturated heterocycles. The molecule has 0 radical (unpaired) electrons. The van der Waals surface area contributed by atoms with Gasteiger partial charge in [0.2, 0.25) is 5.91 Å². The number of hydrogen-bond donors (Lipinski definition) is 2. The summed E-state index contributed by atoms with van der Waals surface area (Å²) in [4.78, 5) is 12.1. The van der Waals surface area contributed by atoms with Crippen LogP contribution in [0.4, 0.5) is 4.39 Å². The van der Waals surface area contributed by atoms with Crippen molar-refractivity contribution in [3.8, 4) is 0 Å². The van der Waals surface area contributed by atoms with Crippen LogP contribution >= 0.6 is 0 Å². The molecule has 0 heterocycles. The fraction of sp³-hybridized carbons (Fsp3) is 0.562. The zero-order valence-electron chi connectivity index (χ0n) is 12.8. The predicted molar refractivity (Wildman–Crippen MR) is 79.9 cm³/mol. The lowest BCUT2D eigenvalue weighted by Crippen LogP contribution is -2.53. The maximum absolute atomic E-state index is 13.3. The summed E-state index contributed by atoms with van der Waals surface area (Å²) in [7, 11) is 0. The van der Waals surface area contributed by atoms with Gasteiger partial charge in [0.05, 0.1) is 5.54 Å². The second-order valence-electron chi connectivity index (χ2n) is 6.24. The van der Waals surface area contributed by atoms with Gasteiger partial charge in [-0.3, -0.25) is 4.79 Å². The fourth-order valence-corrected chi connectivity index (χ4v) is 2.15. The van der Waals surface area contributed by atoms with Crippen LogP contribution in [0.3, 0.4) is 0 Å². The van der Waals surface area contributed by atoms with Gasteiger partial charge in [-0.15, -0.1) is 0 Å². The van der Waals surface area contributed by atoms with E-state index in [1.807, 2.05) is 26.8 Å². The Labute approximate surface area is 120 Å². The van der Waals surface area contributed by atoms with Gasteiger partial charge >= 0.3 is 0 Å². The highest BCUT2D eigenvalue weighted by Gasteiger charge is 2.29. The molecule has 1 amide bonds. The number of nitrogens with one attached hydrogen (secondary N) is 1. The Morgan fingerprint density at radius 1 is 1.35 bits per heavy atom. The Bertz CT molecular complexity index is 469. The number of carbonyl (C=O) groups is 1. The number of carbonyl (C=O) groups excluding carboxylic acids is 1. The normalized spacial score (nSPS) is 14.7. The van der Waals surface area contributed by atoms with Crippen LogP contribution in [0.5, 0.6) is 0 Å². The molecule has 0 aliphatic rings. The molecule has 1 rings (SSSR count). The average Bonchev–Trinajstić information content (AvgIpc) is 2.36. The van der Waals surface area contributed by atoms with E-state index >= 15 is 0 Å². The first kappa shape index (κ1) is 16.6. The molecule has 4 heteroatoms. The van der Waals surface area contributed by atoms with Crippen LogP contribution in [0.25, 0.3) is 0 Å². The maximum Gasteiger partial charge on any atom is 0.239 e. The van der Waals surface area contributed by atoms with Crippen molar-refractivity contribution in [2.75, 3.05) is 6.54 Å². The molecule has 0 aliphatic carbocycles. The van der Waals surface area contributed by atoms with Gasteiger partial charge in [0, 0.05) is 12.0 Å². The third-order valence-electron chi connectivity index (χ3n) is 3.59. The molecular weight excluding hydrogens is 255 g/mol. The summed E-state index contributed by atoms with van der Waals surface area (Å²) in [5.41, 5.74) is 5.64. The molecule has 3 N–H and O–H groups in total. The summed E-state index contributed by atoms with van der Waals surface area (Å²) in [5.74, 6) is -0.430. The van der Waals surface area contributed by atoms with Crippen molar-refractivity contribution in [1.29, 1.82) is 0 Å². The minimum Gasteiger partial charge on any atom is -0.354 e. The van der Waals surface area contributed by atoms with Gasteiger partial charge < -0.3 is 11.1 Å². The number of benzene rings is 1. The van der Waals surface area contributed by atoms with Crippen molar-refractivity contribution >= 4 is 5.91 Å². The highest BCUT2D eigenvalue weighted by molar-refractivity contribution is 5.85. The Morgan fingerprint density at radius 2 is 2.00 bits per heavy atom. The SMILES string of the molecule is CCCC(C)(N)C(=O)NCC(C)(C)c1cccc(F)c1. The fourth-order valence-electron chi connectivity index (χ4n) is 2.15. The second kappa shape index (κ2) is 6.35. The molecule has 0 saturated carbocycles. The quantitative estimate of drug-likeness (QED) is 0.842. The molecule has 0 fully saturated rings. The molecule has 1 aromatic rings. The molecule has 0 aliphatic heterocycles. The Morgan fingerprint density at radius 3 is 2.55 bits per heavy atom. The third kappa shape index (κ3) is 4.30. The zero-order valence-corrected chi connectivity index (χ0v) is 12.8. The van der Waals surface area contributed by atoms with E-state index < -0.39 is 5.54 Å². The van der Waals surface area contributed by atoms with E-state index in [1.54, 1.807) is 13.0 Å². The van der Waals surface area contributed by atoms with Crippen LogP contribution in [0.15, 0.2) is 24.3 Å². The molecule has 112 valence electrons. The smallest absolute Gasteiger partial charge is 0.239 e. The summed E-state index contributed by atoms with van der Waals surface area (Å²) in [6.45, 7) is 8.09. The third-order valence-corrected chi connectivity index (χ3v) is 3.59. The lowest BCUT2D eigenvalue weighted by Gasteiger charge is -2.29. The van der Waals surface area contributed by atoms with Gasteiger partial charge in [0.15, 0.2) is 0 Å². The molecular formula is C16H25FN2O. The van der Waals surface area contributed by atoms with Gasteiger partial charge in [-0.05, 0) is 31.0 Å². The van der Waals surface area contributed by atoms with Gasteiger partial charge in [0.1, 0.15) is 5.82 Å². The van der Waals surface area contributed by atoms with E-state index in [0.29, 0.717) is 13.0 Å². The molecule has 3 nitrogen and oxygen atoms in total. The Kier molecular flexibility index (Phi) is 5.28. The van der Waals surface area contributed by atoms with E-state index in [0.717, 1.165) is 12.0 Å². The average molecular weight is 280 g/mol. The lowest BCUT2D eigenvalue weighted by atomic mass is 9.84. The van der Waals surface area contributed by atoms with Crippen molar-refractivity contribution in [1.82, 2.24) is 5.32 Å². The van der Waals surface area contributed by atoms with E-state index in [9.17, 15) is 9.18 Å². The largest absolute Gasteiger partial charge is 0.354 e. The summed E-state index contributed by atoms with van der Waals surface area (Å²) in [6.07, 6.45) is 1.49. The standard InChI is InChI=1S/C16H25FN2O/c1-5-9-16(4,18)14(20)19-11-15(2,3)12-7-6-8-13(17)10-12/h6-8,10H,5,9,11,18H2,1-4H3,(H,19,20). The van der Waals surface area contributed by atoms with Crippen LogP contribution < -0.4 is 11.1 Å². The van der Waals surface area contributed by atoms with Crippen LogP contribution in [0.2, 0.25) is 0 Å². The number of nitrogens with two attached hydrogens (primary N) is 1. The Balaban J connectivity index is 2.71. The van der Waals surface area contributed by atoms with Crippen molar-refractivity contribution in [3.63, 3.8) is 0 Å². The molecule has 1 aromatic carbocycles. The van der Waals surface area contributed by atoms with Gasteiger partial charge in [-0.1, -0.05) is 39.3 Å². The number of amides is 1. The van der Waals surface area contributed by atoms with E-state index in [4.69, 9.17) is 5.73 Å². The summed E-state index contributed by atoms with van der Waals surface area (Å²) in [5, 5.41) is 2.88. The van der Waals surface area contributed by atoms with E-state index in [2.05, 4.69) is 5.32 Å². The predicted octanol–water partition coefficient (Wildman–Crippen LogP) is 2.74. The minimum absolute atomic E-state index is 0.163. The molecule has 20 heavy (non-hydrogen) atoms. The van der Waals surface area contributed by atoms with Crippen molar-refractivity contribution < 1.29 is 9.18 Å². The topological polar surface area (TPSA) is 55.1 Å². The van der Waals surface area contributed by atoms with E-state index in [-0.39, 0.29) is 17.1 Å². The van der Waals surface area contributed by atoms with E-state index in [1.165, 1.54) is 12.1 Å². The number of rotatable bonds is 6. The van der Waals surface area contributed by atoms with Crippen molar-refractivity contribution in [2.45, 2.75) is 51.5 Å². The maximum atomic E-state index is 13.3. The number of hydrogen-bond acceptors (Lipinski definition) is 2. The molecule has 1 atom stereocenters. The van der Waals surface area contributed by atoms with Gasteiger partial charge in [-0.2, -0.15) is 0 Å². The minimum atomic E-state index is -0.854. The van der Waals surface area contributed by atoms with Crippen LogP contribution in [-0.2, 0) is 10.2 Å². The molecule has 0 spiro atoms.